The van der Waals surface area contributed by atoms with Gasteiger partial charge in [-0.2, -0.15) is 0 Å². The van der Waals surface area contributed by atoms with Gasteiger partial charge in [-0.1, -0.05) is 30.3 Å². The number of halogens is 4. The number of benzene rings is 2. The quantitative estimate of drug-likeness (QED) is 0.277. The van der Waals surface area contributed by atoms with Crippen LogP contribution in [0.2, 0.25) is 0 Å². The molecular weight excluding hydrogens is 456 g/mol. The Hall–Kier alpha value is -2.18. The molecule has 2 unspecified atom stereocenters. The Balaban J connectivity index is 1.46. The van der Waals surface area contributed by atoms with E-state index in [1.807, 2.05) is 6.92 Å². The highest BCUT2D eigenvalue weighted by Gasteiger charge is 2.28. The number of hydrogen-bond acceptors (Lipinski definition) is 2. The first-order valence-electron chi connectivity index (χ1n) is 12.7. The zero-order chi connectivity index (χ0) is 24.9. The molecule has 0 spiro atoms. The first-order valence-corrected chi connectivity index (χ1v) is 12.7. The van der Waals surface area contributed by atoms with E-state index in [1.54, 1.807) is 6.08 Å². The summed E-state index contributed by atoms with van der Waals surface area (Å²) in [7, 11) is 0. The van der Waals surface area contributed by atoms with Crippen LogP contribution >= 0.6 is 0 Å². The predicted molar refractivity (Wildman–Crippen MR) is 129 cm³/mol. The minimum atomic E-state index is -1.14. The summed E-state index contributed by atoms with van der Waals surface area (Å²) in [6, 6.07) is 5.72. The number of hydrogen-bond donors (Lipinski definition) is 0. The van der Waals surface area contributed by atoms with Gasteiger partial charge < -0.3 is 9.47 Å². The lowest BCUT2D eigenvalue weighted by molar-refractivity contribution is 0.00880. The topological polar surface area (TPSA) is 18.5 Å². The minimum Gasteiger partial charge on any atom is -0.379 e. The van der Waals surface area contributed by atoms with Gasteiger partial charge in [-0.25, -0.2) is 17.6 Å². The van der Waals surface area contributed by atoms with Crippen LogP contribution in [-0.2, 0) is 15.9 Å². The van der Waals surface area contributed by atoms with Gasteiger partial charge in [0.05, 0.1) is 18.8 Å². The molecule has 1 aliphatic heterocycles. The summed E-state index contributed by atoms with van der Waals surface area (Å²) in [6.07, 6.45) is 7.86. The summed E-state index contributed by atoms with van der Waals surface area (Å²) in [5.41, 5.74) is 0.0187. The molecule has 2 atom stereocenters. The highest BCUT2D eigenvalue weighted by molar-refractivity contribution is 5.66. The van der Waals surface area contributed by atoms with E-state index in [9.17, 15) is 8.78 Å². The zero-order valence-corrected chi connectivity index (χ0v) is 20.3. The van der Waals surface area contributed by atoms with Crippen LogP contribution in [0.25, 0.3) is 11.1 Å². The van der Waals surface area contributed by atoms with Crippen molar-refractivity contribution in [2.45, 2.75) is 76.4 Å². The second-order valence-electron chi connectivity index (χ2n) is 9.75. The van der Waals surface area contributed by atoms with Crippen molar-refractivity contribution < 1.29 is 27.0 Å². The van der Waals surface area contributed by atoms with Crippen LogP contribution in [0.3, 0.4) is 0 Å². The Morgan fingerprint density at radius 2 is 1.57 bits per heavy atom. The summed E-state index contributed by atoms with van der Waals surface area (Å²) in [5.74, 6) is -4.07. The molecule has 2 aromatic carbocycles. The predicted octanol–water partition coefficient (Wildman–Crippen LogP) is 7.89. The molecule has 35 heavy (non-hydrogen) atoms. The molecule has 6 heteroatoms. The molecular formula is C29H34F4O2. The fourth-order valence-corrected chi connectivity index (χ4v) is 5.45. The molecule has 1 saturated heterocycles. The Morgan fingerprint density at radius 3 is 2.20 bits per heavy atom. The first-order chi connectivity index (χ1) is 16.9. The maximum Gasteiger partial charge on any atom is 0.167 e. The van der Waals surface area contributed by atoms with Gasteiger partial charge in [0, 0.05) is 17.7 Å². The van der Waals surface area contributed by atoms with Gasteiger partial charge in [-0.3, -0.25) is 0 Å². The minimum absolute atomic E-state index is 0.0616. The summed E-state index contributed by atoms with van der Waals surface area (Å²) in [6.45, 7) is 6.89. The van der Waals surface area contributed by atoms with Crippen LogP contribution in [0.15, 0.2) is 36.9 Å². The van der Waals surface area contributed by atoms with Crippen LogP contribution in [0.4, 0.5) is 17.6 Å². The lowest BCUT2D eigenvalue weighted by atomic mass is 9.82. The molecule has 1 aliphatic carbocycles. The molecule has 1 heterocycles. The summed E-state index contributed by atoms with van der Waals surface area (Å²) in [4.78, 5) is 0. The van der Waals surface area contributed by atoms with Gasteiger partial charge in [0.25, 0.3) is 0 Å². The lowest BCUT2D eigenvalue weighted by Gasteiger charge is -2.29. The monoisotopic (exact) mass is 490 g/mol. The van der Waals surface area contributed by atoms with Gasteiger partial charge in [0.15, 0.2) is 23.3 Å². The van der Waals surface area contributed by atoms with Crippen molar-refractivity contribution in [1.82, 2.24) is 0 Å². The van der Waals surface area contributed by atoms with E-state index < -0.39 is 23.3 Å². The van der Waals surface area contributed by atoms with Gasteiger partial charge in [-0.05, 0) is 81.3 Å². The van der Waals surface area contributed by atoms with Gasteiger partial charge >= 0.3 is 0 Å². The second-order valence-corrected chi connectivity index (χ2v) is 9.75. The van der Waals surface area contributed by atoms with Crippen molar-refractivity contribution >= 4 is 0 Å². The SMILES string of the molecule is C=CC1CCC(CCc2ccc(-c3ccc(C4CCC(OCC)CC4)c(F)c3F)c(F)c2F)CO1. The largest absolute Gasteiger partial charge is 0.379 e. The molecule has 2 nitrogen and oxygen atoms in total. The normalized spacial score (nSPS) is 24.9. The first kappa shape index (κ1) is 25.9. The van der Waals surface area contributed by atoms with Gasteiger partial charge in [0.2, 0.25) is 0 Å². The summed E-state index contributed by atoms with van der Waals surface area (Å²) in [5, 5.41) is 0. The molecule has 0 aromatic heterocycles. The Morgan fingerprint density at radius 1 is 0.886 bits per heavy atom. The Kier molecular flexibility index (Phi) is 8.66. The van der Waals surface area contributed by atoms with Crippen LogP contribution in [0.1, 0.15) is 68.9 Å². The van der Waals surface area contributed by atoms with E-state index in [4.69, 9.17) is 9.47 Å². The molecule has 0 N–H and O–H groups in total. The standard InChI is InChI=1S/C29H34F4O2/c1-3-21-11-6-18(17-35-21)5-7-20-10-14-24(28(32)26(20)30)25-16-15-23(27(31)29(25)33)19-8-12-22(13-9-19)34-4-2/h3,10,14-16,18-19,21-22H,1,4-9,11-13,17H2,2H3. The van der Waals surface area contributed by atoms with E-state index in [1.165, 1.54) is 24.3 Å². The molecule has 4 rings (SSSR count). The maximum absolute atomic E-state index is 15.1. The smallest absolute Gasteiger partial charge is 0.167 e. The van der Waals surface area contributed by atoms with Crippen LogP contribution in [-0.4, -0.2) is 25.4 Å². The van der Waals surface area contributed by atoms with Crippen LogP contribution in [0, 0.1) is 29.2 Å². The van der Waals surface area contributed by atoms with Crippen molar-refractivity contribution in [2.24, 2.45) is 5.92 Å². The third-order valence-corrected chi connectivity index (χ3v) is 7.57. The fourth-order valence-electron chi connectivity index (χ4n) is 5.45. The maximum atomic E-state index is 15.1. The molecule has 0 amide bonds. The van der Waals surface area contributed by atoms with Gasteiger partial charge in [-0.15, -0.1) is 6.58 Å². The van der Waals surface area contributed by atoms with E-state index in [-0.39, 0.29) is 40.7 Å². The van der Waals surface area contributed by atoms with Crippen LogP contribution < -0.4 is 0 Å². The van der Waals surface area contributed by atoms with Crippen molar-refractivity contribution in [3.63, 3.8) is 0 Å². The molecule has 2 aromatic rings. The molecule has 190 valence electrons. The number of ether oxygens (including phenoxy) is 2. The van der Waals surface area contributed by atoms with Crippen molar-refractivity contribution in [2.75, 3.05) is 13.2 Å². The van der Waals surface area contributed by atoms with E-state index >= 15 is 8.78 Å². The molecule has 0 bridgehead atoms. The van der Waals surface area contributed by atoms with E-state index in [0.29, 0.717) is 44.5 Å². The second kappa shape index (κ2) is 11.7. The number of aryl methyl sites for hydroxylation is 1. The fraction of sp³-hybridized carbons (Fsp3) is 0.517. The average molecular weight is 491 g/mol. The Labute approximate surface area is 205 Å². The molecule has 2 aliphatic rings. The highest BCUT2D eigenvalue weighted by atomic mass is 19.2. The molecule has 2 fully saturated rings. The lowest BCUT2D eigenvalue weighted by Crippen LogP contribution is -2.24. The van der Waals surface area contributed by atoms with E-state index in [0.717, 1.165) is 25.7 Å². The van der Waals surface area contributed by atoms with Crippen molar-refractivity contribution in [3.8, 4) is 11.1 Å². The molecule has 1 saturated carbocycles. The van der Waals surface area contributed by atoms with Gasteiger partial charge in [0.1, 0.15) is 0 Å². The Bertz CT molecular complexity index is 1020. The van der Waals surface area contributed by atoms with Crippen molar-refractivity contribution in [1.29, 1.82) is 0 Å². The third-order valence-electron chi connectivity index (χ3n) is 7.57. The van der Waals surface area contributed by atoms with E-state index in [2.05, 4.69) is 6.58 Å². The summed E-state index contributed by atoms with van der Waals surface area (Å²) >= 11 is 0. The highest BCUT2D eigenvalue weighted by Crippen LogP contribution is 2.38. The molecule has 0 radical (unpaired) electrons. The van der Waals surface area contributed by atoms with Crippen LogP contribution in [0.5, 0.6) is 0 Å². The summed E-state index contributed by atoms with van der Waals surface area (Å²) < 4.78 is 71.3. The number of rotatable bonds is 8. The average Bonchev–Trinajstić information content (AvgIpc) is 2.88. The van der Waals surface area contributed by atoms with Crippen molar-refractivity contribution in [3.05, 3.63) is 71.3 Å². The zero-order valence-electron chi connectivity index (χ0n) is 20.3. The third kappa shape index (κ3) is 5.80.